The first-order valence-corrected chi connectivity index (χ1v) is 9.47. The average molecular weight is 425 g/mol. The van der Waals surface area contributed by atoms with Gasteiger partial charge in [-0.05, 0) is 31.5 Å². The van der Waals surface area contributed by atoms with E-state index in [2.05, 4.69) is 20.4 Å². The predicted molar refractivity (Wildman–Crippen MR) is 112 cm³/mol. The maximum absolute atomic E-state index is 11.9. The lowest BCUT2D eigenvalue weighted by Gasteiger charge is -2.17. The maximum atomic E-state index is 11.9. The summed E-state index contributed by atoms with van der Waals surface area (Å²) >= 11 is 0. The number of nitrogens with zero attached hydrogens (tertiary/aromatic N) is 4. The third-order valence-corrected chi connectivity index (χ3v) is 4.56. The second kappa shape index (κ2) is 9.24. The molecular weight excluding hydrogens is 402 g/mol. The largest absolute Gasteiger partial charge is 0.480 e. The number of carbonyl (C=O) groups is 2. The van der Waals surface area contributed by atoms with Gasteiger partial charge in [0.05, 0.1) is 11.3 Å². The average Bonchev–Trinajstić information content (AvgIpc) is 3.07. The predicted octanol–water partition coefficient (Wildman–Crippen LogP) is 2.92. The number of hydrogen-bond acceptors (Lipinski definition) is 8. The van der Waals surface area contributed by atoms with E-state index in [0.717, 1.165) is 11.1 Å². The Labute approximate surface area is 178 Å². The minimum Gasteiger partial charge on any atom is -0.480 e. The Balaban J connectivity index is 1.79. The number of carbonyl (C=O) groups excluding carboxylic acids is 1. The summed E-state index contributed by atoms with van der Waals surface area (Å²) < 4.78 is 10.4. The fourth-order valence-electron chi connectivity index (χ4n) is 2.98. The Hall–Kier alpha value is -3.95. The van der Waals surface area contributed by atoms with E-state index in [1.165, 1.54) is 11.2 Å². The molecule has 0 unspecified atom stereocenters. The summed E-state index contributed by atoms with van der Waals surface area (Å²) in [6, 6.07) is 5.71. The number of aliphatic carboxylic acids is 1. The summed E-state index contributed by atoms with van der Waals surface area (Å²) in [5.41, 5.74) is 2.73. The molecule has 0 fully saturated rings. The molecule has 2 heterocycles. The van der Waals surface area contributed by atoms with Crippen molar-refractivity contribution >= 4 is 17.9 Å². The molecule has 2 N–H and O–H groups in total. The quantitative estimate of drug-likeness (QED) is 0.586. The van der Waals surface area contributed by atoms with E-state index >= 15 is 0 Å². The molecule has 0 aliphatic rings. The molecular formula is C21H23N5O5. The van der Waals surface area contributed by atoms with Crippen molar-refractivity contribution < 1.29 is 24.0 Å². The second-order valence-electron chi connectivity index (χ2n) is 7.13. The van der Waals surface area contributed by atoms with Crippen molar-refractivity contribution in [3.05, 3.63) is 53.8 Å². The van der Waals surface area contributed by atoms with Crippen LogP contribution in [-0.4, -0.2) is 57.3 Å². The van der Waals surface area contributed by atoms with Gasteiger partial charge in [-0.15, -0.1) is 0 Å². The van der Waals surface area contributed by atoms with Crippen molar-refractivity contribution in [2.45, 2.75) is 26.3 Å². The number of anilines is 1. The summed E-state index contributed by atoms with van der Waals surface area (Å²) in [4.78, 5) is 33.1. The highest BCUT2D eigenvalue weighted by Gasteiger charge is 2.23. The molecule has 0 aliphatic carbocycles. The molecule has 162 valence electrons. The molecule has 3 rings (SSSR count). The van der Waals surface area contributed by atoms with Gasteiger partial charge in [0.1, 0.15) is 29.7 Å². The van der Waals surface area contributed by atoms with Crippen molar-refractivity contribution in [1.29, 1.82) is 0 Å². The van der Waals surface area contributed by atoms with Crippen LogP contribution in [0, 0.1) is 13.8 Å². The Kier molecular flexibility index (Phi) is 6.49. The van der Waals surface area contributed by atoms with Crippen LogP contribution < -0.4 is 10.1 Å². The van der Waals surface area contributed by atoms with Crippen LogP contribution in [-0.2, 0) is 11.2 Å². The Morgan fingerprint density at radius 1 is 1.23 bits per heavy atom. The highest BCUT2D eigenvalue weighted by molar-refractivity contribution is 5.82. The van der Waals surface area contributed by atoms with Crippen LogP contribution in [0.5, 0.6) is 5.75 Å². The molecule has 0 aliphatic heterocycles. The van der Waals surface area contributed by atoms with Crippen LogP contribution in [0.3, 0.4) is 0 Å². The molecule has 1 amide bonds. The molecule has 10 heteroatoms. The van der Waals surface area contributed by atoms with Crippen molar-refractivity contribution in [2.75, 3.05) is 19.4 Å². The molecule has 31 heavy (non-hydrogen) atoms. The maximum Gasteiger partial charge on any atom is 0.414 e. The van der Waals surface area contributed by atoms with Gasteiger partial charge in [0, 0.05) is 32.3 Å². The zero-order valence-electron chi connectivity index (χ0n) is 17.6. The Bertz CT molecular complexity index is 1060. The van der Waals surface area contributed by atoms with Crippen molar-refractivity contribution in [2.24, 2.45) is 0 Å². The number of aromatic nitrogens is 3. The lowest BCUT2D eigenvalue weighted by Crippen LogP contribution is -2.32. The summed E-state index contributed by atoms with van der Waals surface area (Å²) in [6.07, 6.45) is 2.63. The number of benzene rings is 1. The fraction of sp³-hybridized carbons (Fsp3) is 0.286. The van der Waals surface area contributed by atoms with E-state index in [0.29, 0.717) is 28.6 Å². The Morgan fingerprint density at radius 3 is 2.52 bits per heavy atom. The third kappa shape index (κ3) is 5.16. The van der Waals surface area contributed by atoms with Crippen LogP contribution in [0.1, 0.15) is 17.0 Å². The molecule has 0 saturated heterocycles. The molecule has 0 radical (unpaired) electrons. The molecule has 1 atom stereocenters. The summed E-state index contributed by atoms with van der Waals surface area (Å²) in [6.45, 7) is 3.56. The molecule has 0 bridgehead atoms. The van der Waals surface area contributed by atoms with E-state index in [4.69, 9.17) is 9.26 Å². The number of aryl methyl sites for hydroxylation is 2. The van der Waals surface area contributed by atoms with Crippen molar-refractivity contribution in [1.82, 2.24) is 20.0 Å². The third-order valence-electron chi connectivity index (χ3n) is 4.56. The molecule has 3 aromatic rings. The molecule has 1 aromatic carbocycles. The number of rotatable bonds is 7. The second-order valence-corrected chi connectivity index (χ2v) is 7.13. The summed E-state index contributed by atoms with van der Waals surface area (Å²) in [7, 11) is 3.17. The highest BCUT2D eigenvalue weighted by Crippen LogP contribution is 2.31. The number of carboxylic acids is 1. The van der Waals surface area contributed by atoms with E-state index in [9.17, 15) is 14.7 Å². The zero-order chi connectivity index (χ0) is 22.5. The van der Waals surface area contributed by atoms with Crippen LogP contribution in [0.4, 0.5) is 10.6 Å². The van der Waals surface area contributed by atoms with Gasteiger partial charge < -0.3 is 24.6 Å². The van der Waals surface area contributed by atoms with Gasteiger partial charge >= 0.3 is 12.1 Å². The highest BCUT2D eigenvalue weighted by atomic mass is 16.6. The fourth-order valence-corrected chi connectivity index (χ4v) is 2.98. The van der Waals surface area contributed by atoms with Gasteiger partial charge in [0.2, 0.25) is 0 Å². The topological polar surface area (TPSA) is 131 Å². The zero-order valence-corrected chi connectivity index (χ0v) is 17.6. The molecule has 2 aromatic heterocycles. The lowest BCUT2D eigenvalue weighted by atomic mass is 10.0. The van der Waals surface area contributed by atoms with E-state index in [1.807, 2.05) is 0 Å². The summed E-state index contributed by atoms with van der Waals surface area (Å²) in [5.74, 6) is 0.295. The molecule has 0 spiro atoms. The first-order chi connectivity index (χ1) is 14.8. The van der Waals surface area contributed by atoms with Gasteiger partial charge in [-0.3, -0.25) is 0 Å². The minimum absolute atomic E-state index is 0.183. The van der Waals surface area contributed by atoms with Crippen LogP contribution in [0.25, 0.3) is 11.1 Å². The smallest absolute Gasteiger partial charge is 0.414 e. The van der Waals surface area contributed by atoms with Gasteiger partial charge in [-0.25, -0.2) is 19.6 Å². The number of carboxylic acid groups (broad SMARTS) is 1. The number of amides is 1. The van der Waals surface area contributed by atoms with Gasteiger partial charge in [-0.2, -0.15) is 0 Å². The van der Waals surface area contributed by atoms with E-state index < -0.39 is 18.1 Å². The normalized spacial score (nSPS) is 11.6. The first kappa shape index (κ1) is 21.8. The van der Waals surface area contributed by atoms with Gasteiger partial charge in [-0.1, -0.05) is 17.3 Å². The number of ether oxygens (including phenoxy) is 1. The molecule has 10 nitrogen and oxygen atoms in total. The lowest BCUT2D eigenvalue weighted by molar-refractivity contribution is -0.137. The monoisotopic (exact) mass is 425 g/mol. The number of hydrogen-bond donors (Lipinski definition) is 2. The summed E-state index contributed by atoms with van der Waals surface area (Å²) in [5, 5.41) is 16.7. The molecule has 0 saturated carbocycles. The van der Waals surface area contributed by atoms with Crippen molar-refractivity contribution in [3.8, 4) is 16.9 Å². The van der Waals surface area contributed by atoms with Crippen LogP contribution >= 0.6 is 0 Å². The van der Waals surface area contributed by atoms with Gasteiger partial charge in [0.25, 0.3) is 0 Å². The van der Waals surface area contributed by atoms with Crippen LogP contribution in [0.2, 0.25) is 0 Å². The van der Waals surface area contributed by atoms with Crippen molar-refractivity contribution in [3.63, 3.8) is 0 Å². The first-order valence-electron chi connectivity index (χ1n) is 9.47. The van der Waals surface area contributed by atoms with Crippen LogP contribution in [0.15, 0.2) is 41.3 Å². The van der Waals surface area contributed by atoms with E-state index in [1.54, 1.807) is 58.4 Å². The standard InChI is InChI=1S/C21H23N5O5/c1-12-18(13(2)31-25-12)16-10-22-11-23-19(16)24-17(20(27)28)9-14-5-7-15(8-6-14)30-21(29)26(3)4/h5-8,10-11,17H,9H2,1-4H3,(H,27,28)(H,22,23,24)/t17-/m0/s1. The Morgan fingerprint density at radius 2 is 1.94 bits per heavy atom. The minimum atomic E-state index is -1.04. The number of nitrogens with one attached hydrogen (secondary N) is 1. The van der Waals surface area contributed by atoms with E-state index in [-0.39, 0.29) is 6.42 Å². The SMILES string of the molecule is Cc1noc(C)c1-c1cncnc1N[C@@H](Cc1ccc(OC(=O)N(C)C)cc1)C(=O)O. The van der Waals surface area contributed by atoms with Gasteiger partial charge in [0.15, 0.2) is 0 Å².